The van der Waals surface area contributed by atoms with Gasteiger partial charge in [0, 0.05) is 85.1 Å². The van der Waals surface area contributed by atoms with Crippen LogP contribution in [0.15, 0.2) is 11.3 Å². The molecule has 17 nitrogen and oxygen atoms in total. The standard InChI is InChI=1S/C10H22N2.C8H16O2.C6H16N2.C6H10O.C5H10N2O.C4H11O5P.C2H6O2/c1-9(2)10(3,4)12(6)8-7-11(9)5;1-7(2)8(3,4)10-6-5-9-7;1-7(2)5-6-8(3)4;1-5-3-4-7-6(5)2;1-6-3-4-7(2)5(6)8;1-7-10(6,8-2)9-4-3-5;3-1-2-4/h7-8H2,1-6H3;5-6H2,1-4H3;5-6H2,1-4H3;3-4H2,1-2H3;3-4H2,1-2H3;5H,3-4H2,1-2H3;3-4H,1-2H2. The molecule has 0 aromatic rings. The first-order valence-corrected chi connectivity index (χ1v) is 21.9. The number of rotatable bonds is 9. The smallest absolute Gasteiger partial charge is 0.474 e. The maximum Gasteiger partial charge on any atom is 0.474 e. The Labute approximate surface area is 360 Å². The van der Waals surface area contributed by atoms with Gasteiger partial charge in [0.2, 0.25) is 0 Å². The van der Waals surface area contributed by atoms with Gasteiger partial charge < -0.3 is 49.1 Å². The molecular weight excluding hydrogens is 783 g/mol. The number of aliphatic hydroxyl groups excluding tert-OH is 3. The van der Waals surface area contributed by atoms with Crippen molar-refractivity contribution in [3.05, 3.63) is 11.3 Å². The molecule has 4 aliphatic heterocycles. The molecule has 2 amide bonds. The molecule has 59 heavy (non-hydrogen) atoms. The maximum absolute atomic E-state index is 10.9. The van der Waals surface area contributed by atoms with E-state index >= 15 is 0 Å². The van der Waals surface area contributed by atoms with Crippen molar-refractivity contribution in [3.63, 3.8) is 0 Å². The number of urea groups is 1. The van der Waals surface area contributed by atoms with Crippen LogP contribution in [0.3, 0.4) is 0 Å². The van der Waals surface area contributed by atoms with Crippen LogP contribution in [0.25, 0.3) is 0 Å². The van der Waals surface area contributed by atoms with Crippen LogP contribution < -0.4 is 0 Å². The summed E-state index contributed by atoms with van der Waals surface area (Å²) >= 11 is 0. The van der Waals surface area contributed by atoms with E-state index in [1.165, 1.54) is 32.9 Å². The van der Waals surface area contributed by atoms with Crippen LogP contribution in [-0.2, 0) is 32.3 Å². The van der Waals surface area contributed by atoms with Crippen LogP contribution in [-0.4, -0.2) is 229 Å². The molecule has 4 heterocycles. The molecule has 0 aliphatic carbocycles. The number of hydrogen-bond acceptors (Lipinski definition) is 15. The lowest BCUT2D eigenvalue weighted by Gasteiger charge is -2.56. The van der Waals surface area contributed by atoms with E-state index < -0.39 is 7.82 Å². The molecule has 0 radical (unpaired) electrons. The monoisotopic (exact) mass is 875 g/mol. The van der Waals surface area contributed by atoms with E-state index in [-0.39, 0.29) is 54.7 Å². The highest BCUT2D eigenvalue weighted by Crippen LogP contribution is 2.47. The molecule has 0 aromatic heterocycles. The summed E-state index contributed by atoms with van der Waals surface area (Å²) in [4.78, 5) is 23.4. The fourth-order valence-electron chi connectivity index (χ4n) is 4.91. The molecule has 4 rings (SSSR count). The van der Waals surface area contributed by atoms with Gasteiger partial charge in [0.15, 0.2) is 0 Å². The minimum absolute atomic E-state index is 0.0566. The van der Waals surface area contributed by atoms with Gasteiger partial charge in [-0.05, 0) is 117 Å². The van der Waals surface area contributed by atoms with Gasteiger partial charge in [-0.25, -0.2) is 9.36 Å². The number of carbonyl (C=O) groups is 1. The van der Waals surface area contributed by atoms with Crippen molar-refractivity contribution in [1.82, 2.24) is 29.4 Å². The Kier molecular flexibility index (Phi) is 32.1. The van der Waals surface area contributed by atoms with Gasteiger partial charge in [0.1, 0.15) is 0 Å². The zero-order valence-corrected chi connectivity index (χ0v) is 42.0. The number of nitrogens with zero attached hydrogens (tertiary/aromatic N) is 6. The van der Waals surface area contributed by atoms with Crippen molar-refractivity contribution in [1.29, 1.82) is 0 Å². The number of ether oxygens (including phenoxy) is 3. The summed E-state index contributed by atoms with van der Waals surface area (Å²) < 4.78 is 40.5. The Bertz CT molecular complexity index is 1110. The Hall–Kier alpha value is -1.44. The molecule has 4 aliphatic rings. The largest absolute Gasteiger partial charge is 0.498 e. The van der Waals surface area contributed by atoms with E-state index in [2.05, 4.69) is 138 Å². The van der Waals surface area contributed by atoms with Crippen LogP contribution in [0.4, 0.5) is 4.79 Å². The van der Waals surface area contributed by atoms with E-state index in [0.717, 1.165) is 58.2 Å². The summed E-state index contributed by atoms with van der Waals surface area (Å²) in [6, 6.07) is 0.130. The summed E-state index contributed by atoms with van der Waals surface area (Å²) in [5, 5.41) is 23.5. The van der Waals surface area contributed by atoms with E-state index in [9.17, 15) is 9.36 Å². The summed E-state index contributed by atoms with van der Waals surface area (Å²) in [5.41, 5.74) is 1.64. The first kappa shape index (κ1) is 61.9. The minimum Gasteiger partial charge on any atom is -0.498 e. The maximum atomic E-state index is 10.9. The SMILES string of the molecule is CC1(C)OCCOC1(C)C.CC1=C(C)OCC1.CN(C)CCN(C)C.CN1CCN(C)C(C)(C)C1(C)C.CN1CCN(C)C1=O.COP(=O)(OC)OCCO.OCCO. The van der Waals surface area contributed by atoms with Gasteiger partial charge in [0.05, 0.1) is 63.2 Å². The number of aliphatic hydroxyl groups is 3. The predicted octanol–water partition coefficient (Wildman–Crippen LogP) is 4.17. The number of amides is 2. The van der Waals surface area contributed by atoms with Crippen LogP contribution in [0, 0.1) is 0 Å². The molecule has 0 spiro atoms. The molecule has 0 unspecified atom stereocenters. The Balaban J connectivity index is -0.000000631. The molecule has 3 fully saturated rings. The zero-order valence-electron chi connectivity index (χ0n) is 41.1. The Morgan fingerprint density at radius 2 is 1.03 bits per heavy atom. The number of allylic oxidation sites excluding steroid dienone is 1. The molecule has 3 saturated heterocycles. The second kappa shape index (κ2) is 30.6. The highest BCUT2D eigenvalue weighted by atomic mass is 31.2. The van der Waals surface area contributed by atoms with E-state index in [0.29, 0.717) is 0 Å². The number of hydrogen-bond donors (Lipinski definition) is 3. The van der Waals surface area contributed by atoms with Crippen LogP contribution in [0.2, 0.25) is 0 Å². The third-order valence-electron chi connectivity index (χ3n) is 11.3. The molecular formula is C41H91N6O11P. The molecule has 0 saturated carbocycles. The van der Waals surface area contributed by atoms with Gasteiger partial charge in [-0.3, -0.25) is 23.4 Å². The second-order valence-corrected chi connectivity index (χ2v) is 19.0. The average molecular weight is 875 g/mol. The molecule has 18 heteroatoms. The molecule has 0 atom stereocenters. The lowest BCUT2D eigenvalue weighted by Crippen LogP contribution is -2.68. The van der Waals surface area contributed by atoms with Crippen molar-refractivity contribution in [2.24, 2.45) is 0 Å². The van der Waals surface area contributed by atoms with E-state index in [4.69, 9.17) is 29.5 Å². The minimum atomic E-state index is -3.36. The van der Waals surface area contributed by atoms with Crippen LogP contribution >= 0.6 is 7.82 Å². The first-order chi connectivity index (χ1) is 27.0. The topological polar surface area (TPSA) is 170 Å². The van der Waals surface area contributed by atoms with Gasteiger partial charge in [-0.2, -0.15) is 0 Å². The number of likely N-dealkylation sites (N-methyl/N-ethyl adjacent to an activating group) is 6. The number of phosphoric ester groups is 1. The van der Waals surface area contributed by atoms with Gasteiger partial charge in [-0.1, -0.05) is 0 Å². The normalized spacial score (nSPS) is 20.5. The van der Waals surface area contributed by atoms with Gasteiger partial charge in [0.25, 0.3) is 0 Å². The van der Waals surface area contributed by atoms with E-state index in [1.807, 2.05) is 21.0 Å². The van der Waals surface area contributed by atoms with Gasteiger partial charge >= 0.3 is 13.9 Å². The lowest BCUT2D eigenvalue weighted by molar-refractivity contribution is -0.230. The summed E-state index contributed by atoms with van der Waals surface area (Å²) in [6.45, 7) is 29.9. The van der Waals surface area contributed by atoms with Crippen LogP contribution in [0.1, 0.15) is 75.7 Å². The van der Waals surface area contributed by atoms with E-state index in [1.54, 1.807) is 9.80 Å². The number of piperazine rings is 1. The van der Waals surface area contributed by atoms with Crippen LogP contribution in [0.5, 0.6) is 0 Å². The number of phosphoric acid groups is 1. The van der Waals surface area contributed by atoms with Crippen molar-refractivity contribution < 1.29 is 52.5 Å². The summed E-state index contributed by atoms with van der Waals surface area (Å²) in [7, 11) is 15.5. The second-order valence-electron chi connectivity index (χ2n) is 17.2. The average Bonchev–Trinajstić information content (AvgIpc) is 3.70. The Morgan fingerprint density at radius 3 is 1.22 bits per heavy atom. The summed E-state index contributed by atoms with van der Waals surface area (Å²) in [6.07, 6.45) is 1.13. The molecule has 356 valence electrons. The fraction of sp³-hybridized carbons (Fsp3) is 0.927. The lowest BCUT2D eigenvalue weighted by atomic mass is 9.78. The number of carbonyl (C=O) groups excluding carboxylic acids is 1. The van der Waals surface area contributed by atoms with Crippen molar-refractivity contribution in [3.8, 4) is 0 Å². The molecule has 0 bridgehead atoms. The van der Waals surface area contributed by atoms with Gasteiger partial charge in [-0.15, -0.1) is 0 Å². The fourth-order valence-corrected chi connectivity index (χ4v) is 5.57. The Morgan fingerprint density at radius 1 is 0.661 bits per heavy atom. The highest BCUT2D eigenvalue weighted by molar-refractivity contribution is 7.48. The highest BCUT2D eigenvalue weighted by Gasteiger charge is 2.46. The third-order valence-corrected chi connectivity index (χ3v) is 12.7. The quantitative estimate of drug-likeness (QED) is 0.282. The molecule has 3 N–H and O–H groups in total. The first-order valence-electron chi connectivity index (χ1n) is 20.4. The van der Waals surface area contributed by atoms with Crippen molar-refractivity contribution in [2.75, 3.05) is 156 Å². The predicted molar refractivity (Wildman–Crippen MR) is 239 cm³/mol. The zero-order chi connectivity index (χ0) is 46.8. The van der Waals surface area contributed by atoms with Crippen molar-refractivity contribution >= 4 is 13.9 Å². The molecule has 0 aromatic carbocycles. The third kappa shape index (κ3) is 24.7. The van der Waals surface area contributed by atoms with Crippen molar-refractivity contribution in [2.45, 2.75) is 97.9 Å². The summed E-state index contributed by atoms with van der Waals surface area (Å²) in [5.74, 6) is 1.12.